The van der Waals surface area contributed by atoms with Gasteiger partial charge in [0.05, 0.1) is 6.42 Å². The summed E-state index contributed by atoms with van der Waals surface area (Å²) in [7, 11) is 1.51. The van der Waals surface area contributed by atoms with Crippen molar-refractivity contribution in [2.24, 2.45) is 0 Å². The second-order valence-electron chi connectivity index (χ2n) is 4.27. The molecule has 0 spiro atoms. The van der Waals surface area contributed by atoms with Gasteiger partial charge >= 0.3 is 12.0 Å². The van der Waals surface area contributed by atoms with Crippen molar-refractivity contribution in [3.63, 3.8) is 0 Å². The van der Waals surface area contributed by atoms with E-state index in [2.05, 4.69) is 10.6 Å². The number of nitrogens with zero attached hydrogens (tertiary/aromatic N) is 1. The Bertz CT molecular complexity index is 305. The molecule has 0 aromatic rings. The number of carbonyl (C=O) groups is 3. The predicted octanol–water partition coefficient (Wildman–Crippen LogP) is 0.0172. The van der Waals surface area contributed by atoms with Gasteiger partial charge in [-0.1, -0.05) is 0 Å². The number of hydrogen-bond acceptors (Lipinski definition) is 3. The zero-order valence-electron chi connectivity index (χ0n) is 11.0. The average molecular weight is 259 g/mol. The van der Waals surface area contributed by atoms with Gasteiger partial charge in [0.25, 0.3) is 0 Å². The van der Waals surface area contributed by atoms with E-state index in [9.17, 15) is 14.4 Å². The molecule has 0 aliphatic heterocycles. The first-order valence-corrected chi connectivity index (χ1v) is 5.83. The maximum absolute atomic E-state index is 11.4. The molecule has 0 saturated carbocycles. The first kappa shape index (κ1) is 16.2. The summed E-state index contributed by atoms with van der Waals surface area (Å²) in [6, 6.07) is -0.306. The zero-order valence-corrected chi connectivity index (χ0v) is 11.0. The number of nitrogens with one attached hydrogen (secondary N) is 2. The lowest BCUT2D eigenvalue weighted by Gasteiger charge is -2.17. The van der Waals surface area contributed by atoms with E-state index >= 15 is 0 Å². The maximum Gasteiger partial charge on any atom is 0.317 e. The van der Waals surface area contributed by atoms with Gasteiger partial charge < -0.3 is 20.6 Å². The molecule has 0 bridgehead atoms. The van der Waals surface area contributed by atoms with Crippen LogP contribution in [0.3, 0.4) is 0 Å². The topological polar surface area (TPSA) is 98.7 Å². The van der Waals surface area contributed by atoms with Gasteiger partial charge in [0, 0.05) is 32.6 Å². The smallest absolute Gasteiger partial charge is 0.317 e. The molecule has 0 aliphatic carbocycles. The van der Waals surface area contributed by atoms with Gasteiger partial charge in [0.15, 0.2) is 0 Å². The molecule has 7 nitrogen and oxygen atoms in total. The van der Waals surface area contributed by atoms with Crippen LogP contribution in [0.4, 0.5) is 4.79 Å². The van der Waals surface area contributed by atoms with Crippen molar-refractivity contribution in [1.82, 2.24) is 15.5 Å². The number of carboxylic acids is 1. The van der Waals surface area contributed by atoms with Crippen molar-refractivity contribution in [3.05, 3.63) is 0 Å². The van der Waals surface area contributed by atoms with Crippen molar-refractivity contribution in [2.75, 3.05) is 20.1 Å². The molecule has 104 valence electrons. The third kappa shape index (κ3) is 8.37. The molecule has 0 heterocycles. The quantitative estimate of drug-likeness (QED) is 0.600. The lowest BCUT2D eigenvalue weighted by Crippen LogP contribution is -2.40. The third-order valence-electron chi connectivity index (χ3n) is 2.09. The molecule has 18 heavy (non-hydrogen) atoms. The highest BCUT2D eigenvalue weighted by atomic mass is 16.4. The summed E-state index contributed by atoms with van der Waals surface area (Å²) in [4.78, 5) is 34.3. The third-order valence-corrected chi connectivity index (χ3v) is 2.09. The van der Waals surface area contributed by atoms with Gasteiger partial charge in [-0.05, 0) is 13.8 Å². The summed E-state index contributed by atoms with van der Waals surface area (Å²) in [6.07, 6.45) is 0.106. The van der Waals surface area contributed by atoms with E-state index in [-0.39, 0.29) is 43.9 Å². The summed E-state index contributed by atoms with van der Waals surface area (Å²) in [5, 5.41) is 13.7. The van der Waals surface area contributed by atoms with E-state index in [1.54, 1.807) is 0 Å². The van der Waals surface area contributed by atoms with Crippen LogP contribution in [0, 0.1) is 0 Å². The normalized spacial score (nSPS) is 10.0. The fourth-order valence-electron chi connectivity index (χ4n) is 1.18. The van der Waals surface area contributed by atoms with Crippen molar-refractivity contribution >= 4 is 17.9 Å². The van der Waals surface area contributed by atoms with Gasteiger partial charge in [-0.15, -0.1) is 0 Å². The Morgan fingerprint density at radius 2 is 1.83 bits per heavy atom. The molecule has 0 radical (unpaired) electrons. The molecular formula is C11H21N3O4. The van der Waals surface area contributed by atoms with E-state index < -0.39 is 5.97 Å². The van der Waals surface area contributed by atoms with Crippen LogP contribution in [0.15, 0.2) is 0 Å². The van der Waals surface area contributed by atoms with Crippen molar-refractivity contribution in [1.29, 1.82) is 0 Å². The second kappa shape index (κ2) is 8.32. The summed E-state index contributed by atoms with van der Waals surface area (Å²) in [5.74, 6) is -1.08. The Morgan fingerprint density at radius 3 is 2.33 bits per heavy atom. The summed E-state index contributed by atoms with van der Waals surface area (Å²) in [6.45, 7) is 4.08. The van der Waals surface area contributed by atoms with Crippen LogP contribution in [0.25, 0.3) is 0 Å². The molecule has 7 heteroatoms. The van der Waals surface area contributed by atoms with Crippen LogP contribution >= 0.6 is 0 Å². The Balaban J connectivity index is 3.75. The van der Waals surface area contributed by atoms with Crippen LogP contribution in [0.2, 0.25) is 0 Å². The van der Waals surface area contributed by atoms with E-state index in [1.807, 2.05) is 13.8 Å². The zero-order chi connectivity index (χ0) is 14.1. The molecule has 0 atom stereocenters. The molecular weight excluding hydrogens is 238 g/mol. The molecule has 0 saturated heterocycles. The first-order valence-electron chi connectivity index (χ1n) is 5.83. The van der Waals surface area contributed by atoms with Gasteiger partial charge in [0.1, 0.15) is 0 Å². The second-order valence-corrected chi connectivity index (χ2v) is 4.27. The first-order chi connectivity index (χ1) is 8.32. The number of amides is 3. The summed E-state index contributed by atoms with van der Waals surface area (Å²) < 4.78 is 0. The highest BCUT2D eigenvalue weighted by molar-refractivity contribution is 5.78. The Kier molecular flexibility index (Phi) is 7.50. The van der Waals surface area contributed by atoms with E-state index in [4.69, 9.17) is 5.11 Å². The monoisotopic (exact) mass is 259 g/mol. The molecule has 0 aromatic carbocycles. The van der Waals surface area contributed by atoms with E-state index in [0.29, 0.717) is 0 Å². The largest absolute Gasteiger partial charge is 0.481 e. The van der Waals surface area contributed by atoms with Crippen LogP contribution < -0.4 is 10.6 Å². The lowest BCUT2D eigenvalue weighted by molar-refractivity contribution is -0.137. The van der Waals surface area contributed by atoms with E-state index in [0.717, 1.165) is 0 Å². The van der Waals surface area contributed by atoms with Crippen LogP contribution in [0.1, 0.15) is 26.7 Å². The van der Waals surface area contributed by atoms with Gasteiger partial charge in [-0.2, -0.15) is 0 Å². The molecule has 3 amide bonds. The number of carboxylic acid groups (broad SMARTS) is 1. The average Bonchev–Trinajstić information content (AvgIpc) is 2.24. The molecule has 3 N–H and O–H groups in total. The SMILES string of the molecule is CC(C)NC(=O)CCNC(=O)N(C)CCC(=O)O. The molecule has 0 fully saturated rings. The standard InChI is InChI=1S/C11H21N3O4/c1-8(2)13-9(15)4-6-12-11(18)14(3)7-5-10(16)17/h8H,4-7H2,1-3H3,(H,12,18)(H,13,15)(H,16,17). The summed E-state index contributed by atoms with van der Waals surface area (Å²) in [5.41, 5.74) is 0. The van der Waals surface area contributed by atoms with Gasteiger partial charge in [-0.3, -0.25) is 9.59 Å². The Hall–Kier alpha value is -1.79. The minimum absolute atomic E-state index is 0.0754. The highest BCUT2D eigenvalue weighted by Crippen LogP contribution is 1.89. The number of carbonyl (C=O) groups excluding carboxylic acids is 2. The minimum Gasteiger partial charge on any atom is -0.481 e. The predicted molar refractivity (Wildman–Crippen MR) is 66.2 cm³/mol. The number of urea groups is 1. The highest BCUT2D eigenvalue weighted by Gasteiger charge is 2.10. The van der Waals surface area contributed by atoms with Crippen LogP contribution in [-0.2, 0) is 9.59 Å². The molecule has 0 rings (SSSR count). The fourth-order valence-corrected chi connectivity index (χ4v) is 1.18. The van der Waals surface area contributed by atoms with E-state index in [1.165, 1.54) is 11.9 Å². The van der Waals surface area contributed by atoms with Crippen molar-refractivity contribution in [2.45, 2.75) is 32.7 Å². The van der Waals surface area contributed by atoms with Crippen molar-refractivity contribution in [3.8, 4) is 0 Å². The number of rotatable bonds is 7. The maximum atomic E-state index is 11.4. The number of aliphatic carboxylic acids is 1. The van der Waals surface area contributed by atoms with Crippen LogP contribution in [-0.4, -0.2) is 54.1 Å². The fraction of sp³-hybridized carbons (Fsp3) is 0.727. The molecule has 0 unspecified atom stereocenters. The van der Waals surface area contributed by atoms with Crippen LogP contribution in [0.5, 0.6) is 0 Å². The molecule has 0 aliphatic rings. The minimum atomic E-state index is -0.953. The number of hydrogen-bond donors (Lipinski definition) is 3. The summed E-state index contributed by atoms with van der Waals surface area (Å²) >= 11 is 0. The van der Waals surface area contributed by atoms with Crippen molar-refractivity contribution < 1.29 is 19.5 Å². The Labute approximate surface area is 107 Å². The molecule has 0 aromatic heterocycles. The van der Waals surface area contributed by atoms with Gasteiger partial charge in [-0.25, -0.2) is 4.79 Å². The van der Waals surface area contributed by atoms with Gasteiger partial charge in [0.2, 0.25) is 5.91 Å². The Morgan fingerprint density at radius 1 is 1.22 bits per heavy atom. The lowest BCUT2D eigenvalue weighted by atomic mass is 10.3.